The van der Waals surface area contributed by atoms with Gasteiger partial charge in [0.1, 0.15) is 0 Å². The van der Waals surface area contributed by atoms with Crippen molar-refractivity contribution in [2.24, 2.45) is 0 Å². The van der Waals surface area contributed by atoms with Gasteiger partial charge < -0.3 is 9.80 Å². The van der Waals surface area contributed by atoms with Crippen LogP contribution in [-0.2, 0) is 4.79 Å². The number of carbonyl (C=O) groups is 1. The van der Waals surface area contributed by atoms with Gasteiger partial charge in [0.15, 0.2) is 0 Å². The Morgan fingerprint density at radius 2 is 1.92 bits per heavy atom. The molecule has 3 nitrogen and oxygen atoms in total. The number of rotatable bonds is 0. The van der Waals surface area contributed by atoms with Crippen LogP contribution in [0.15, 0.2) is 0 Å². The Labute approximate surface area is 73.3 Å². The topological polar surface area (TPSA) is 23.6 Å². The number of hydrogen-bond donors (Lipinski definition) is 0. The molecule has 2 fully saturated rings. The van der Waals surface area contributed by atoms with Crippen LogP contribution in [0.5, 0.6) is 0 Å². The SMILES string of the molecule is CC(=O)N1CCC2C1CCN2C. The third-order valence-electron chi connectivity index (χ3n) is 3.26. The van der Waals surface area contributed by atoms with E-state index in [0.717, 1.165) is 13.1 Å². The molecular weight excluding hydrogens is 152 g/mol. The third kappa shape index (κ3) is 1.04. The molecule has 0 spiro atoms. The van der Waals surface area contributed by atoms with E-state index in [0.29, 0.717) is 12.1 Å². The first-order chi connectivity index (χ1) is 5.70. The lowest BCUT2D eigenvalue weighted by atomic mass is 10.1. The van der Waals surface area contributed by atoms with Crippen molar-refractivity contribution < 1.29 is 4.79 Å². The fourth-order valence-corrected chi connectivity index (χ4v) is 2.59. The lowest BCUT2D eigenvalue weighted by molar-refractivity contribution is -0.129. The number of fused-ring (bicyclic) bond motifs is 1. The van der Waals surface area contributed by atoms with Gasteiger partial charge in [0.2, 0.25) is 5.91 Å². The van der Waals surface area contributed by atoms with Crippen LogP contribution >= 0.6 is 0 Å². The van der Waals surface area contributed by atoms with E-state index in [4.69, 9.17) is 0 Å². The maximum atomic E-state index is 11.2. The highest BCUT2D eigenvalue weighted by Gasteiger charge is 2.41. The highest BCUT2D eigenvalue weighted by atomic mass is 16.2. The van der Waals surface area contributed by atoms with Crippen LogP contribution < -0.4 is 0 Å². The molecule has 0 radical (unpaired) electrons. The van der Waals surface area contributed by atoms with E-state index in [-0.39, 0.29) is 5.91 Å². The molecule has 2 atom stereocenters. The van der Waals surface area contributed by atoms with E-state index in [2.05, 4.69) is 11.9 Å². The van der Waals surface area contributed by atoms with Gasteiger partial charge in [-0.25, -0.2) is 0 Å². The minimum absolute atomic E-state index is 0.248. The second-order valence-corrected chi connectivity index (χ2v) is 3.91. The van der Waals surface area contributed by atoms with Crippen molar-refractivity contribution in [3.63, 3.8) is 0 Å². The first-order valence-electron chi connectivity index (χ1n) is 4.67. The fourth-order valence-electron chi connectivity index (χ4n) is 2.59. The summed E-state index contributed by atoms with van der Waals surface area (Å²) in [6, 6.07) is 1.17. The molecular formula is C9H16N2O. The summed E-state index contributed by atoms with van der Waals surface area (Å²) in [5, 5.41) is 0. The standard InChI is InChI=1S/C9H16N2O/c1-7(12)11-6-4-8-9(11)3-5-10(8)2/h8-9H,3-6H2,1-2H3. The molecule has 0 aromatic carbocycles. The van der Waals surface area contributed by atoms with Crippen LogP contribution in [0.1, 0.15) is 19.8 Å². The maximum Gasteiger partial charge on any atom is 0.219 e. The third-order valence-corrected chi connectivity index (χ3v) is 3.26. The van der Waals surface area contributed by atoms with Gasteiger partial charge in [-0.1, -0.05) is 0 Å². The van der Waals surface area contributed by atoms with E-state index in [1.165, 1.54) is 12.8 Å². The van der Waals surface area contributed by atoms with Crippen molar-refractivity contribution in [3.05, 3.63) is 0 Å². The smallest absolute Gasteiger partial charge is 0.219 e. The highest BCUT2D eigenvalue weighted by Crippen LogP contribution is 2.29. The monoisotopic (exact) mass is 168 g/mol. The molecule has 2 unspecified atom stereocenters. The van der Waals surface area contributed by atoms with Gasteiger partial charge in [-0.3, -0.25) is 4.79 Å². The summed E-state index contributed by atoms with van der Waals surface area (Å²) in [4.78, 5) is 15.6. The lowest BCUT2D eigenvalue weighted by Crippen LogP contribution is -2.37. The lowest BCUT2D eigenvalue weighted by Gasteiger charge is -2.22. The number of likely N-dealkylation sites (N-methyl/N-ethyl adjacent to an activating group) is 1. The Morgan fingerprint density at radius 1 is 1.25 bits per heavy atom. The number of hydrogen-bond acceptors (Lipinski definition) is 2. The van der Waals surface area contributed by atoms with Crippen LogP contribution in [0.4, 0.5) is 0 Å². The van der Waals surface area contributed by atoms with Crippen LogP contribution in [0.25, 0.3) is 0 Å². The Kier molecular flexibility index (Phi) is 1.83. The molecule has 3 heteroatoms. The molecule has 2 heterocycles. The Hall–Kier alpha value is -0.570. The van der Waals surface area contributed by atoms with Crippen molar-refractivity contribution in [1.29, 1.82) is 0 Å². The first-order valence-corrected chi connectivity index (χ1v) is 4.67. The summed E-state index contributed by atoms with van der Waals surface area (Å²) in [7, 11) is 2.16. The molecule has 0 aromatic rings. The summed E-state index contributed by atoms with van der Waals surface area (Å²) in [6.07, 6.45) is 2.33. The fraction of sp³-hybridized carbons (Fsp3) is 0.889. The predicted molar refractivity (Wildman–Crippen MR) is 46.8 cm³/mol. The number of nitrogens with zero attached hydrogens (tertiary/aromatic N) is 2. The van der Waals surface area contributed by atoms with Gasteiger partial charge in [0.25, 0.3) is 0 Å². The van der Waals surface area contributed by atoms with E-state index >= 15 is 0 Å². The van der Waals surface area contributed by atoms with Crippen LogP contribution in [-0.4, -0.2) is 47.9 Å². The maximum absolute atomic E-state index is 11.2. The molecule has 2 rings (SSSR count). The summed E-state index contributed by atoms with van der Waals surface area (Å²) in [5.41, 5.74) is 0. The molecule has 2 saturated heterocycles. The van der Waals surface area contributed by atoms with Crippen molar-refractivity contribution in [2.75, 3.05) is 20.1 Å². The average molecular weight is 168 g/mol. The molecule has 0 aromatic heterocycles. The van der Waals surface area contributed by atoms with Crippen molar-refractivity contribution >= 4 is 5.91 Å². The number of amides is 1. The van der Waals surface area contributed by atoms with Crippen LogP contribution in [0, 0.1) is 0 Å². The minimum atomic E-state index is 0.248. The largest absolute Gasteiger partial charge is 0.338 e. The summed E-state index contributed by atoms with van der Waals surface area (Å²) < 4.78 is 0. The molecule has 0 aliphatic carbocycles. The van der Waals surface area contributed by atoms with Crippen molar-refractivity contribution in [3.8, 4) is 0 Å². The van der Waals surface area contributed by atoms with Crippen LogP contribution in [0.2, 0.25) is 0 Å². The molecule has 2 aliphatic heterocycles. The zero-order chi connectivity index (χ0) is 8.72. The molecule has 0 bridgehead atoms. The Bertz CT molecular complexity index is 205. The predicted octanol–water partition coefficient (Wildman–Crippen LogP) is 0.311. The minimum Gasteiger partial charge on any atom is -0.338 e. The zero-order valence-corrected chi connectivity index (χ0v) is 7.79. The van der Waals surface area contributed by atoms with E-state index in [1.807, 2.05) is 4.90 Å². The molecule has 0 saturated carbocycles. The van der Waals surface area contributed by atoms with E-state index in [1.54, 1.807) is 6.92 Å². The zero-order valence-electron chi connectivity index (χ0n) is 7.79. The first kappa shape index (κ1) is 8.05. The summed E-state index contributed by atoms with van der Waals surface area (Å²) in [5.74, 6) is 0.248. The Balaban J connectivity index is 2.10. The molecule has 12 heavy (non-hydrogen) atoms. The second-order valence-electron chi connectivity index (χ2n) is 3.91. The number of carbonyl (C=O) groups excluding carboxylic acids is 1. The van der Waals surface area contributed by atoms with Gasteiger partial charge in [-0.15, -0.1) is 0 Å². The molecule has 0 N–H and O–H groups in total. The van der Waals surface area contributed by atoms with E-state index < -0.39 is 0 Å². The second kappa shape index (κ2) is 2.73. The number of likely N-dealkylation sites (tertiary alicyclic amines) is 2. The van der Waals surface area contributed by atoms with Gasteiger partial charge in [0, 0.05) is 32.1 Å². The van der Waals surface area contributed by atoms with Crippen LogP contribution in [0.3, 0.4) is 0 Å². The summed E-state index contributed by atoms with van der Waals surface area (Å²) >= 11 is 0. The quantitative estimate of drug-likeness (QED) is 0.520. The molecule has 68 valence electrons. The Morgan fingerprint density at radius 3 is 2.58 bits per heavy atom. The van der Waals surface area contributed by atoms with Gasteiger partial charge in [-0.05, 0) is 19.9 Å². The van der Waals surface area contributed by atoms with Crippen molar-refractivity contribution in [2.45, 2.75) is 31.8 Å². The average Bonchev–Trinajstić information content (AvgIpc) is 2.53. The highest BCUT2D eigenvalue weighted by molar-refractivity contribution is 5.74. The summed E-state index contributed by atoms with van der Waals surface area (Å²) in [6.45, 7) is 3.80. The van der Waals surface area contributed by atoms with E-state index in [9.17, 15) is 4.79 Å². The molecule has 2 aliphatic rings. The normalized spacial score (nSPS) is 35.7. The van der Waals surface area contributed by atoms with Crippen molar-refractivity contribution in [1.82, 2.24) is 9.80 Å². The molecule has 1 amide bonds. The van der Waals surface area contributed by atoms with Gasteiger partial charge in [-0.2, -0.15) is 0 Å². The van der Waals surface area contributed by atoms with Gasteiger partial charge >= 0.3 is 0 Å². The van der Waals surface area contributed by atoms with Gasteiger partial charge in [0.05, 0.1) is 0 Å².